The number of amides is 1. The third-order valence-electron chi connectivity index (χ3n) is 3.56. The highest BCUT2D eigenvalue weighted by atomic mass is 16.1. The number of pyridine rings is 1. The van der Waals surface area contributed by atoms with Crippen LogP contribution in [0.5, 0.6) is 0 Å². The largest absolute Gasteiger partial charge is 0.348 e. The van der Waals surface area contributed by atoms with E-state index in [0.717, 1.165) is 0 Å². The molecular weight excluding hydrogens is 236 g/mol. The zero-order valence-electron chi connectivity index (χ0n) is 10.7. The van der Waals surface area contributed by atoms with Crippen LogP contribution in [0.1, 0.15) is 33.5 Å². The number of nitrogens with one attached hydrogen (secondary N) is 1. The van der Waals surface area contributed by atoms with Gasteiger partial charge in [0.15, 0.2) is 0 Å². The second-order valence-corrected chi connectivity index (χ2v) is 4.88. The molecule has 1 aromatic carbocycles. The normalized spacial score (nSPS) is 13.1. The van der Waals surface area contributed by atoms with Crippen molar-refractivity contribution in [3.05, 3.63) is 65.0 Å². The summed E-state index contributed by atoms with van der Waals surface area (Å²) in [5, 5.41) is 2.94. The molecule has 3 rings (SSSR count). The Labute approximate surface area is 112 Å². The fourth-order valence-electron chi connectivity index (χ4n) is 2.52. The summed E-state index contributed by atoms with van der Waals surface area (Å²) in [4.78, 5) is 15.8. The third-order valence-corrected chi connectivity index (χ3v) is 3.56. The number of aromatic nitrogens is 1. The molecule has 1 amide bonds. The number of carbonyl (C=O) groups excluding carboxylic acids is 1. The second-order valence-electron chi connectivity index (χ2n) is 4.88. The summed E-state index contributed by atoms with van der Waals surface area (Å²) in [7, 11) is 0. The highest BCUT2D eigenvalue weighted by molar-refractivity contribution is 5.93. The Bertz CT molecular complexity index is 593. The van der Waals surface area contributed by atoms with Crippen LogP contribution in [-0.4, -0.2) is 10.9 Å². The lowest BCUT2D eigenvalue weighted by Gasteiger charge is -2.07. The molecule has 0 atom stereocenters. The summed E-state index contributed by atoms with van der Waals surface area (Å²) in [6.45, 7) is 0.578. The Hall–Kier alpha value is -2.16. The maximum absolute atomic E-state index is 11.9. The Morgan fingerprint density at radius 2 is 1.89 bits per heavy atom. The second kappa shape index (κ2) is 5.22. The maximum atomic E-state index is 11.9. The molecule has 0 aliphatic heterocycles. The zero-order chi connectivity index (χ0) is 13.1. The van der Waals surface area contributed by atoms with Crippen LogP contribution in [-0.2, 0) is 19.4 Å². The van der Waals surface area contributed by atoms with Crippen LogP contribution in [0, 0.1) is 0 Å². The van der Waals surface area contributed by atoms with Gasteiger partial charge in [-0.25, -0.2) is 0 Å². The van der Waals surface area contributed by atoms with Crippen molar-refractivity contribution in [2.75, 3.05) is 0 Å². The van der Waals surface area contributed by atoms with Gasteiger partial charge in [0.2, 0.25) is 0 Å². The van der Waals surface area contributed by atoms with Crippen LogP contribution in [0.3, 0.4) is 0 Å². The smallest absolute Gasteiger partial charge is 0.251 e. The quantitative estimate of drug-likeness (QED) is 0.912. The number of hydrogen-bond acceptors (Lipinski definition) is 2. The molecule has 1 N–H and O–H groups in total. The lowest BCUT2D eigenvalue weighted by atomic mass is 10.1. The topological polar surface area (TPSA) is 42.0 Å². The molecule has 0 spiro atoms. The van der Waals surface area contributed by atoms with Gasteiger partial charge in [0, 0.05) is 24.5 Å². The minimum Gasteiger partial charge on any atom is -0.348 e. The van der Waals surface area contributed by atoms with Crippen LogP contribution in [0.25, 0.3) is 0 Å². The number of hydrogen-bond donors (Lipinski definition) is 1. The van der Waals surface area contributed by atoms with E-state index in [9.17, 15) is 4.79 Å². The summed E-state index contributed by atoms with van der Waals surface area (Å²) < 4.78 is 0. The number of fused-ring (bicyclic) bond motifs is 1. The van der Waals surface area contributed by atoms with Crippen molar-refractivity contribution in [2.24, 2.45) is 0 Å². The van der Waals surface area contributed by atoms with Crippen LogP contribution in [0.4, 0.5) is 0 Å². The van der Waals surface area contributed by atoms with Crippen molar-refractivity contribution in [2.45, 2.75) is 25.8 Å². The maximum Gasteiger partial charge on any atom is 0.251 e. The van der Waals surface area contributed by atoms with Gasteiger partial charge in [-0.3, -0.25) is 9.78 Å². The molecule has 2 aromatic rings. The summed E-state index contributed by atoms with van der Waals surface area (Å²) in [5.41, 5.74) is 4.72. The number of carbonyl (C=O) groups is 1. The van der Waals surface area contributed by atoms with Gasteiger partial charge in [-0.2, -0.15) is 0 Å². The van der Waals surface area contributed by atoms with Crippen LogP contribution in [0.2, 0.25) is 0 Å². The molecular formula is C16H16N2O. The van der Waals surface area contributed by atoms with E-state index in [-0.39, 0.29) is 5.91 Å². The first-order chi connectivity index (χ1) is 9.33. The molecule has 1 heterocycles. The Kier molecular flexibility index (Phi) is 3.27. The zero-order valence-corrected chi connectivity index (χ0v) is 10.7. The molecule has 19 heavy (non-hydrogen) atoms. The van der Waals surface area contributed by atoms with Gasteiger partial charge in [-0.15, -0.1) is 0 Å². The number of rotatable bonds is 3. The SMILES string of the molecule is O=C(NCc1ccc2c(c1)CCC2)c1ccncc1. The minimum absolute atomic E-state index is 0.0529. The summed E-state index contributed by atoms with van der Waals surface area (Å²) >= 11 is 0. The number of aryl methyl sites for hydroxylation is 2. The molecule has 0 unspecified atom stereocenters. The van der Waals surface area contributed by atoms with E-state index in [1.165, 1.54) is 36.0 Å². The van der Waals surface area contributed by atoms with E-state index in [0.29, 0.717) is 12.1 Å². The highest BCUT2D eigenvalue weighted by Crippen LogP contribution is 2.22. The van der Waals surface area contributed by atoms with Gasteiger partial charge < -0.3 is 5.32 Å². The van der Waals surface area contributed by atoms with Crippen molar-refractivity contribution < 1.29 is 4.79 Å². The molecule has 0 saturated carbocycles. The molecule has 1 aromatic heterocycles. The van der Waals surface area contributed by atoms with E-state index >= 15 is 0 Å². The van der Waals surface area contributed by atoms with Gasteiger partial charge in [-0.1, -0.05) is 18.2 Å². The Morgan fingerprint density at radius 3 is 2.74 bits per heavy atom. The van der Waals surface area contributed by atoms with Gasteiger partial charge in [0.1, 0.15) is 0 Å². The van der Waals surface area contributed by atoms with E-state index < -0.39 is 0 Å². The fraction of sp³-hybridized carbons (Fsp3) is 0.250. The molecule has 1 aliphatic carbocycles. The van der Waals surface area contributed by atoms with E-state index in [2.05, 4.69) is 28.5 Å². The van der Waals surface area contributed by atoms with Crippen LogP contribution in [0.15, 0.2) is 42.7 Å². The number of nitrogens with zero attached hydrogens (tertiary/aromatic N) is 1. The summed E-state index contributed by atoms with van der Waals surface area (Å²) in [6, 6.07) is 9.96. The molecule has 0 saturated heterocycles. The standard InChI is InChI=1S/C16H16N2O/c19-16(14-6-8-17-9-7-14)18-11-12-4-5-13-2-1-3-15(13)10-12/h4-10H,1-3,11H2,(H,18,19). The minimum atomic E-state index is -0.0529. The molecule has 1 aliphatic rings. The first-order valence-electron chi connectivity index (χ1n) is 6.62. The number of benzene rings is 1. The fourth-order valence-corrected chi connectivity index (χ4v) is 2.52. The highest BCUT2D eigenvalue weighted by Gasteiger charge is 2.11. The van der Waals surface area contributed by atoms with E-state index in [4.69, 9.17) is 0 Å². The van der Waals surface area contributed by atoms with E-state index in [1.54, 1.807) is 24.5 Å². The average Bonchev–Trinajstić information content (AvgIpc) is 2.93. The van der Waals surface area contributed by atoms with Crippen molar-refractivity contribution >= 4 is 5.91 Å². The average molecular weight is 252 g/mol. The van der Waals surface area contributed by atoms with Crippen molar-refractivity contribution in [3.8, 4) is 0 Å². The summed E-state index contributed by atoms with van der Waals surface area (Å²) in [6.07, 6.45) is 6.87. The Morgan fingerprint density at radius 1 is 1.11 bits per heavy atom. The van der Waals surface area contributed by atoms with Crippen molar-refractivity contribution in [1.82, 2.24) is 10.3 Å². The molecule has 0 fully saturated rings. The van der Waals surface area contributed by atoms with Gasteiger partial charge in [0.25, 0.3) is 5.91 Å². The lowest BCUT2D eigenvalue weighted by Crippen LogP contribution is -2.22. The van der Waals surface area contributed by atoms with Crippen molar-refractivity contribution in [3.63, 3.8) is 0 Å². The van der Waals surface area contributed by atoms with Gasteiger partial charge in [-0.05, 0) is 48.1 Å². The van der Waals surface area contributed by atoms with Gasteiger partial charge in [0.05, 0.1) is 0 Å². The predicted molar refractivity (Wildman–Crippen MR) is 73.9 cm³/mol. The monoisotopic (exact) mass is 252 g/mol. The van der Waals surface area contributed by atoms with Crippen LogP contribution < -0.4 is 5.32 Å². The van der Waals surface area contributed by atoms with Gasteiger partial charge >= 0.3 is 0 Å². The first kappa shape index (κ1) is 11.9. The lowest BCUT2D eigenvalue weighted by molar-refractivity contribution is 0.0951. The predicted octanol–water partition coefficient (Wildman–Crippen LogP) is 2.50. The molecule has 96 valence electrons. The Balaban J connectivity index is 1.65. The van der Waals surface area contributed by atoms with Crippen molar-refractivity contribution in [1.29, 1.82) is 0 Å². The molecule has 0 bridgehead atoms. The van der Waals surface area contributed by atoms with E-state index in [1.807, 2.05) is 0 Å². The molecule has 0 radical (unpaired) electrons. The third kappa shape index (κ3) is 2.65. The summed E-state index contributed by atoms with van der Waals surface area (Å²) in [5.74, 6) is -0.0529. The van der Waals surface area contributed by atoms with Crippen LogP contribution >= 0.6 is 0 Å². The molecule has 3 heteroatoms. The first-order valence-corrected chi connectivity index (χ1v) is 6.62. The molecule has 3 nitrogen and oxygen atoms in total.